The van der Waals surface area contributed by atoms with E-state index in [0.29, 0.717) is 18.2 Å². The van der Waals surface area contributed by atoms with E-state index in [1.807, 2.05) is 13.8 Å². The molecule has 224 valence electrons. The minimum absolute atomic E-state index is 0.0425. The summed E-state index contributed by atoms with van der Waals surface area (Å²) in [7, 11) is 0. The van der Waals surface area contributed by atoms with Crippen molar-refractivity contribution in [1.29, 1.82) is 0 Å². The Balaban J connectivity index is 3.46. The van der Waals surface area contributed by atoms with Gasteiger partial charge >= 0.3 is 5.97 Å². The average molecular weight is 557 g/mol. The lowest BCUT2D eigenvalue weighted by Crippen LogP contribution is -2.40. The molecule has 0 aliphatic heterocycles. The van der Waals surface area contributed by atoms with Gasteiger partial charge in [-0.3, -0.25) is 14.4 Å². The highest BCUT2D eigenvalue weighted by atomic mass is 32.2. The molecule has 0 heterocycles. The van der Waals surface area contributed by atoms with Crippen molar-refractivity contribution in [3.05, 3.63) is 0 Å². The minimum Gasteiger partial charge on any atom is -0.481 e. The molecule has 0 saturated carbocycles. The number of amides is 2. The van der Waals surface area contributed by atoms with E-state index in [2.05, 4.69) is 17.6 Å². The zero-order valence-electron chi connectivity index (χ0n) is 25.0. The number of carbonyl (C=O) groups is 3. The van der Waals surface area contributed by atoms with Crippen molar-refractivity contribution >= 4 is 29.5 Å². The first-order chi connectivity index (χ1) is 18.3. The summed E-state index contributed by atoms with van der Waals surface area (Å²) in [4.78, 5) is 34.9. The quantitative estimate of drug-likeness (QED) is 0.0857. The molecule has 0 unspecified atom stereocenters. The summed E-state index contributed by atoms with van der Waals surface area (Å²) in [5, 5.41) is 14.4. The van der Waals surface area contributed by atoms with Crippen molar-refractivity contribution in [2.75, 3.05) is 24.6 Å². The second-order valence-corrected chi connectivity index (χ2v) is 12.5. The predicted molar refractivity (Wildman–Crippen MR) is 163 cm³/mol. The van der Waals surface area contributed by atoms with E-state index in [9.17, 15) is 14.4 Å². The van der Waals surface area contributed by atoms with Gasteiger partial charge in [-0.15, -0.1) is 0 Å². The number of rotatable bonds is 28. The molecular weight excluding hydrogens is 496 g/mol. The van der Waals surface area contributed by atoms with Crippen LogP contribution in [0.3, 0.4) is 0 Å². The van der Waals surface area contributed by atoms with Crippen LogP contribution in [0.2, 0.25) is 0 Å². The normalized spacial score (nSPS) is 12.0. The van der Waals surface area contributed by atoms with Crippen LogP contribution in [-0.4, -0.2) is 47.5 Å². The molecule has 0 aliphatic rings. The van der Waals surface area contributed by atoms with Crippen LogP contribution in [0.25, 0.3) is 0 Å². The maximum Gasteiger partial charge on any atom is 0.303 e. The third-order valence-corrected chi connectivity index (χ3v) is 7.97. The highest BCUT2D eigenvalue weighted by Crippen LogP contribution is 2.16. The lowest BCUT2D eigenvalue weighted by atomic mass is 9.94. The highest BCUT2D eigenvalue weighted by molar-refractivity contribution is 7.99. The van der Waals surface area contributed by atoms with Crippen molar-refractivity contribution in [2.45, 2.75) is 143 Å². The first kappa shape index (κ1) is 36.8. The number of hydrogen-bond acceptors (Lipinski definition) is 4. The number of unbranched alkanes of at least 4 members (excludes halogenated alkanes) is 16. The predicted octanol–water partition coefficient (Wildman–Crippen LogP) is 7.74. The standard InChI is InChI=1S/C31H60N2O4S/c1-4-5-6-7-8-9-10-11-12-13-14-15-16-17-18-19-20-21-38-26-30(35)33-25-29(34)32-24-28(22-27(2)3)23-31(36)37/h27-28H,4-26H2,1-3H3,(H,32,34)(H,33,35)(H,36,37)/t28-/m0/s1. The monoisotopic (exact) mass is 556 g/mol. The zero-order valence-corrected chi connectivity index (χ0v) is 25.8. The molecule has 1 atom stereocenters. The van der Waals surface area contributed by atoms with Gasteiger partial charge in [0.25, 0.3) is 0 Å². The van der Waals surface area contributed by atoms with Gasteiger partial charge in [0, 0.05) is 13.0 Å². The fourth-order valence-electron chi connectivity index (χ4n) is 4.80. The molecule has 0 aliphatic carbocycles. The minimum atomic E-state index is -0.852. The maximum atomic E-state index is 12.0. The maximum absolute atomic E-state index is 12.0. The molecule has 2 amide bonds. The van der Waals surface area contributed by atoms with Gasteiger partial charge in [0.2, 0.25) is 11.8 Å². The zero-order chi connectivity index (χ0) is 28.3. The van der Waals surface area contributed by atoms with E-state index in [-0.39, 0.29) is 30.7 Å². The molecule has 0 aromatic rings. The van der Waals surface area contributed by atoms with Crippen LogP contribution < -0.4 is 10.6 Å². The van der Waals surface area contributed by atoms with Crippen molar-refractivity contribution in [1.82, 2.24) is 10.6 Å². The lowest BCUT2D eigenvalue weighted by Gasteiger charge is -2.17. The molecule has 7 heteroatoms. The van der Waals surface area contributed by atoms with Crippen LogP contribution in [0, 0.1) is 11.8 Å². The fourth-order valence-corrected chi connectivity index (χ4v) is 5.64. The summed E-state index contributed by atoms with van der Waals surface area (Å²) >= 11 is 1.62. The Morgan fingerprint density at radius 3 is 1.61 bits per heavy atom. The summed E-state index contributed by atoms with van der Waals surface area (Å²) in [6, 6.07) is 0. The molecule has 38 heavy (non-hydrogen) atoms. The largest absolute Gasteiger partial charge is 0.481 e. The molecule has 0 spiro atoms. The first-order valence-electron chi connectivity index (χ1n) is 15.7. The van der Waals surface area contributed by atoms with Gasteiger partial charge in [0.1, 0.15) is 0 Å². The lowest BCUT2D eigenvalue weighted by molar-refractivity contribution is -0.138. The molecule has 0 aromatic carbocycles. The Hall–Kier alpha value is -1.24. The van der Waals surface area contributed by atoms with Gasteiger partial charge in [-0.25, -0.2) is 0 Å². The van der Waals surface area contributed by atoms with Gasteiger partial charge < -0.3 is 15.7 Å². The summed E-state index contributed by atoms with van der Waals surface area (Å²) < 4.78 is 0. The van der Waals surface area contributed by atoms with Crippen LogP contribution in [-0.2, 0) is 14.4 Å². The second-order valence-electron chi connectivity index (χ2n) is 11.4. The molecule has 0 radical (unpaired) electrons. The van der Waals surface area contributed by atoms with Crippen LogP contribution in [0.5, 0.6) is 0 Å². The summed E-state index contributed by atoms with van der Waals surface area (Å²) in [6.07, 6.45) is 24.0. The smallest absolute Gasteiger partial charge is 0.303 e. The van der Waals surface area contributed by atoms with Crippen molar-refractivity contribution < 1.29 is 19.5 Å². The van der Waals surface area contributed by atoms with Gasteiger partial charge in [0.05, 0.1) is 12.3 Å². The van der Waals surface area contributed by atoms with Gasteiger partial charge in [-0.1, -0.05) is 124 Å². The third kappa shape index (κ3) is 27.8. The topological polar surface area (TPSA) is 95.5 Å². The third-order valence-electron chi connectivity index (χ3n) is 6.93. The van der Waals surface area contributed by atoms with Crippen molar-refractivity contribution in [2.24, 2.45) is 11.8 Å². The highest BCUT2D eigenvalue weighted by Gasteiger charge is 2.16. The number of carboxylic acid groups (broad SMARTS) is 1. The first-order valence-corrected chi connectivity index (χ1v) is 16.8. The van der Waals surface area contributed by atoms with Crippen molar-refractivity contribution in [3.63, 3.8) is 0 Å². The Morgan fingerprint density at radius 2 is 1.16 bits per heavy atom. The molecule has 0 fully saturated rings. The summed E-state index contributed by atoms with van der Waals surface area (Å²) in [6.45, 7) is 6.62. The van der Waals surface area contributed by atoms with E-state index in [4.69, 9.17) is 5.11 Å². The second kappa shape index (κ2) is 27.3. The van der Waals surface area contributed by atoms with Crippen LogP contribution in [0.15, 0.2) is 0 Å². The van der Waals surface area contributed by atoms with E-state index in [1.165, 1.54) is 103 Å². The molecular formula is C31H60N2O4S. The number of hydrogen-bond donors (Lipinski definition) is 3. The Morgan fingerprint density at radius 1 is 0.684 bits per heavy atom. The van der Waals surface area contributed by atoms with Gasteiger partial charge in [-0.05, 0) is 30.4 Å². The number of nitrogens with one attached hydrogen (secondary N) is 2. The summed E-state index contributed by atoms with van der Waals surface area (Å²) in [5.41, 5.74) is 0. The average Bonchev–Trinajstić information content (AvgIpc) is 2.86. The van der Waals surface area contributed by atoms with Crippen LogP contribution >= 0.6 is 11.8 Å². The molecule has 0 rings (SSSR count). The van der Waals surface area contributed by atoms with E-state index >= 15 is 0 Å². The fraction of sp³-hybridized carbons (Fsp3) is 0.903. The van der Waals surface area contributed by atoms with Gasteiger partial charge in [0.15, 0.2) is 0 Å². The molecule has 0 saturated heterocycles. The molecule has 0 bridgehead atoms. The van der Waals surface area contributed by atoms with E-state index in [0.717, 1.165) is 18.6 Å². The Labute approximate surface area is 238 Å². The Kier molecular flexibility index (Phi) is 26.4. The summed E-state index contributed by atoms with van der Waals surface area (Å²) in [5.74, 6) is 0.386. The number of aliphatic carboxylic acids is 1. The number of thioether (sulfide) groups is 1. The van der Waals surface area contributed by atoms with E-state index in [1.54, 1.807) is 11.8 Å². The molecule has 0 aromatic heterocycles. The molecule has 6 nitrogen and oxygen atoms in total. The Bertz CT molecular complexity index is 586. The SMILES string of the molecule is CCCCCCCCCCCCCCCCCCCSCC(=O)NCC(=O)NC[C@H](CC(=O)O)CC(C)C. The number of carboxylic acids is 1. The van der Waals surface area contributed by atoms with Crippen LogP contribution in [0.1, 0.15) is 143 Å². The number of carbonyl (C=O) groups excluding carboxylic acids is 2. The van der Waals surface area contributed by atoms with Crippen molar-refractivity contribution in [3.8, 4) is 0 Å². The molecule has 3 N–H and O–H groups in total. The van der Waals surface area contributed by atoms with Gasteiger partial charge in [-0.2, -0.15) is 11.8 Å². The van der Waals surface area contributed by atoms with E-state index < -0.39 is 5.97 Å². The van der Waals surface area contributed by atoms with Crippen LogP contribution in [0.4, 0.5) is 0 Å².